The Morgan fingerprint density at radius 3 is 2.90 bits per heavy atom. The van der Waals surface area contributed by atoms with Gasteiger partial charge in [-0.05, 0) is 51.2 Å². The first-order valence-corrected chi connectivity index (χ1v) is 8.36. The molecule has 0 N–H and O–H groups in total. The third-order valence-electron chi connectivity index (χ3n) is 4.13. The van der Waals surface area contributed by atoms with Crippen LogP contribution in [-0.2, 0) is 0 Å². The van der Waals surface area contributed by atoms with Crippen molar-refractivity contribution >= 4 is 34.5 Å². The van der Waals surface area contributed by atoms with Gasteiger partial charge in [0, 0.05) is 12.1 Å². The zero-order valence-corrected chi connectivity index (χ0v) is 13.4. The summed E-state index contributed by atoms with van der Waals surface area (Å²) in [5.41, 5.74) is 1.68. The molecule has 2 atom stereocenters. The Bertz CT molecular complexity index is 628. The van der Waals surface area contributed by atoms with Gasteiger partial charge < -0.3 is 9.47 Å². The molecule has 108 valence electrons. The van der Waals surface area contributed by atoms with Gasteiger partial charge in [-0.1, -0.05) is 0 Å². The number of likely N-dealkylation sites (N-methyl/N-ethyl adjacent to an activating group) is 1. The summed E-state index contributed by atoms with van der Waals surface area (Å²) >= 11 is 7.59. The first-order chi connectivity index (χ1) is 9.61. The second-order valence-electron chi connectivity index (χ2n) is 5.26. The number of rotatable bonds is 3. The third kappa shape index (κ3) is 2.29. The molecule has 1 saturated heterocycles. The minimum Gasteiger partial charge on any atom is -0.311 e. The summed E-state index contributed by atoms with van der Waals surface area (Å²) < 4.78 is 2.13. The Balaban J connectivity index is 2.05. The number of hydrogen-bond donors (Lipinski definition) is 0. The molecule has 0 aliphatic carbocycles. The van der Waals surface area contributed by atoms with Crippen LogP contribution in [0.15, 0.2) is 11.4 Å². The first-order valence-electron chi connectivity index (χ1n) is 6.76. The van der Waals surface area contributed by atoms with E-state index in [2.05, 4.69) is 38.4 Å². The van der Waals surface area contributed by atoms with Crippen LogP contribution in [0.5, 0.6) is 0 Å². The molecule has 0 bridgehead atoms. The highest BCUT2D eigenvalue weighted by Crippen LogP contribution is 2.30. The Morgan fingerprint density at radius 1 is 1.45 bits per heavy atom. The number of halogens is 1. The van der Waals surface area contributed by atoms with Crippen molar-refractivity contribution < 1.29 is 0 Å². The molecule has 1 fully saturated rings. The van der Waals surface area contributed by atoms with Crippen LogP contribution in [0.2, 0.25) is 5.28 Å². The summed E-state index contributed by atoms with van der Waals surface area (Å²) in [4.78, 5) is 15.5. The van der Waals surface area contributed by atoms with Gasteiger partial charge in [-0.2, -0.15) is 4.98 Å². The fourth-order valence-corrected chi connectivity index (χ4v) is 3.77. The van der Waals surface area contributed by atoms with Crippen LogP contribution in [0.25, 0.3) is 11.2 Å². The van der Waals surface area contributed by atoms with Crippen LogP contribution in [0.1, 0.15) is 25.8 Å². The Labute approximate surface area is 127 Å². The SMILES string of the molecule is CSc1nc(Cl)nc2c1ncn2[C@@H](C)[C@@H]1CCCN1C. The van der Waals surface area contributed by atoms with Crippen molar-refractivity contribution in [2.75, 3.05) is 19.8 Å². The van der Waals surface area contributed by atoms with E-state index in [4.69, 9.17) is 11.6 Å². The molecular formula is C13H18ClN5S. The molecule has 0 saturated carbocycles. The van der Waals surface area contributed by atoms with E-state index < -0.39 is 0 Å². The van der Waals surface area contributed by atoms with Crippen LogP contribution >= 0.6 is 23.4 Å². The maximum atomic E-state index is 6.04. The largest absolute Gasteiger partial charge is 0.311 e. The summed E-state index contributed by atoms with van der Waals surface area (Å²) in [5.74, 6) is 0. The Morgan fingerprint density at radius 2 is 2.25 bits per heavy atom. The van der Waals surface area contributed by atoms with E-state index in [-0.39, 0.29) is 5.28 Å². The van der Waals surface area contributed by atoms with Gasteiger partial charge in [-0.25, -0.2) is 9.97 Å². The summed E-state index contributed by atoms with van der Waals surface area (Å²) in [6.07, 6.45) is 6.31. The molecule has 3 rings (SSSR count). The zero-order chi connectivity index (χ0) is 14.3. The van der Waals surface area contributed by atoms with Crippen LogP contribution < -0.4 is 0 Å². The lowest BCUT2D eigenvalue weighted by atomic mass is 10.1. The Kier molecular flexibility index (Phi) is 3.88. The van der Waals surface area contributed by atoms with Gasteiger partial charge in [-0.3, -0.25) is 0 Å². The van der Waals surface area contributed by atoms with Gasteiger partial charge >= 0.3 is 0 Å². The van der Waals surface area contributed by atoms with E-state index in [1.807, 2.05) is 12.6 Å². The van der Waals surface area contributed by atoms with E-state index >= 15 is 0 Å². The first kappa shape index (κ1) is 14.1. The van der Waals surface area contributed by atoms with E-state index in [1.165, 1.54) is 12.8 Å². The molecule has 7 heteroatoms. The molecular weight excluding hydrogens is 294 g/mol. The molecule has 20 heavy (non-hydrogen) atoms. The fourth-order valence-electron chi connectivity index (χ4n) is 3.04. The van der Waals surface area contributed by atoms with Crippen molar-refractivity contribution in [3.63, 3.8) is 0 Å². The highest BCUT2D eigenvalue weighted by Gasteiger charge is 2.29. The molecule has 0 aromatic carbocycles. The quantitative estimate of drug-likeness (QED) is 0.495. The van der Waals surface area contributed by atoms with Gasteiger partial charge in [0.05, 0.1) is 6.33 Å². The van der Waals surface area contributed by atoms with Gasteiger partial charge in [0.15, 0.2) is 5.65 Å². The molecule has 0 spiro atoms. The van der Waals surface area contributed by atoms with E-state index in [1.54, 1.807) is 11.8 Å². The minimum absolute atomic E-state index is 0.288. The van der Waals surface area contributed by atoms with Gasteiger partial charge in [0.1, 0.15) is 10.5 Å². The van der Waals surface area contributed by atoms with Crippen molar-refractivity contribution in [1.29, 1.82) is 0 Å². The number of hydrogen-bond acceptors (Lipinski definition) is 5. The number of likely N-dealkylation sites (tertiary alicyclic amines) is 1. The number of aromatic nitrogens is 4. The fraction of sp³-hybridized carbons (Fsp3) is 0.615. The topological polar surface area (TPSA) is 46.8 Å². The number of thioether (sulfide) groups is 1. The van der Waals surface area contributed by atoms with E-state index in [0.29, 0.717) is 12.1 Å². The maximum Gasteiger partial charge on any atom is 0.225 e. The predicted molar refractivity (Wildman–Crippen MR) is 82.5 cm³/mol. The maximum absolute atomic E-state index is 6.04. The second-order valence-corrected chi connectivity index (χ2v) is 6.39. The van der Waals surface area contributed by atoms with Gasteiger partial charge in [0.25, 0.3) is 0 Å². The van der Waals surface area contributed by atoms with Gasteiger partial charge in [-0.15, -0.1) is 11.8 Å². The predicted octanol–water partition coefficient (Wildman–Crippen LogP) is 2.86. The number of fused-ring (bicyclic) bond motifs is 1. The summed E-state index contributed by atoms with van der Waals surface area (Å²) in [6.45, 7) is 3.38. The third-order valence-corrected chi connectivity index (χ3v) is 4.97. The second kappa shape index (κ2) is 5.50. The van der Waals surface area contributed by atoms with Crippen molar-refractivity contribution in [2.45, 2.75) is 36.9 Å². The van der Waals surface area contributed by atoms with Crippen molar-refractivity contribution in [1.82, 2.24) is 24.4 Å². The lowest BCUT2D eigenvalue weighted by Gasteiger charge is -2.27. The molecule has 1 aliphatic heterocycles. The van der Waals surface area contributed by atoms with E-state index in [9.17, 15) is 0 Å². The van der Waals surface area contributed by atoms with Crippen LogP contribution in [0.3, 0.4) is 0 Å². The standard InChI is InChI=1S/C13H18ClN5S/c1-8(9-5-4-6-18(9)2)19-7-15-10-11(19)16-13(14)17-12(10)20-3/h7-9H,4-6H2,1-3H3/t8-,9-/m0/s1. The highest BCUT2D eigenvalue weighted by molar-refractivity contribution is 7.98. The highest BCUT2D eigenvalue weighted by atomic mass is 35.5. The normalized spacial score (nSPS) is 21.7. The average Bonchev–Trinajstić information content (AvgIpc) is 3.03. The molecule has 1 aliphatic rings. The molecule has 3 heterocycles. The minimum atomic E-state index is 0.288. The lowest BCUT2D eigenvalue weighted by Crippen LogP contribution is -2.32. The smallest absolute Gasteiger partial charge is 0.225 e. The van der Waals surface area contributed by atoms with Crippen LogP contribution in [0.4, 0.5) is 0 Å². The number of nitrogens with zero attached hydrogens (tertiary/aromatic N) is 5. The number of imidazole rings is 1. The summed E-state index contributed by atoms with van der Waals surface area (Å²) in [6, 6.07) is 0.854. The van der Waals surface area contributed by atoms with Gasteiger partial charge in [0.2, 0.25) is 5.28 Å². The van der Waals surface area contributed by atoms with Crippen molar-refractivity contribution in [3.8, 4) is 0 Å². The summed E-state index contributed by atoms with van der Waals surface area (Å²) in [7, 11) is 2.18. The van der Waals surface area contributed by atoms with Crippen molar-refractivity contribution in [3.05, 3.63) is 11.6 Å². The molecule has 2 aromatic heterocycles. The van der Waals surface area contributed by atoms with Crippen LogP contribution in [-0.4, -0.2) is 50.3 Å². The Hall–Kier alpha value is -0.850. The lowest BCUT2D eigenvalue weighted by molar-refractivity contribution is 0.242. The van der Waals surface area contributed by atoms with E-state index in [0.717, 1.165) is 22.7 Å². The molecule has 0 unspecified atom stereocenters. The molecule has 0 radical (unpaired) electrons. The average molecular weight is 312 g/mol. The summed E-state index contributed by atoms with van der Waals surface area (Å²) in [5, 5.41) is 1.13. The molecule has 2 aromatic rings. The van der Waals surface area contributed by atoms with Crippen molar-refractivity contribution in [2.24, 2.45) is 0 Å². The monoisotopic (exact) mass is 311 g/mol. The van der Waals surface area contributed by atoms with Crippen LogP contribution in [0, 0.1) is 0 Å². The molecule has 5 nitrogen and oxygen atoms in total. The molecule has 0 amide bonds. The zero-order valence-electron chi connectivity index (χ0n) is 11.9.